The van der Waals surface area contributed by atoms with Gasteiger partial charge < -0.3 is 10.5 Å². The van der Waals surface area contributed by atoms with Gasteiger partial charge in [0.15, 0.2) is 0 Å². The number of benzene rings is 1. The average Bonchev–Trinajstić information content (AvgIpc) is 2.24. The maximum Gasteiger partial charge on any atom is 0.140 e. The van der Waals surface area contributed by atoms with Crippen molar-refractivity contribution in [2.75, 3.05) is 13.7 Å². The number of hydrogen-bond acceptors (Lipinski definition) is 2. The summed E-state index contributed by atoms with van der Waals surface area (Å²) < 4.78 is 6.38. The molecule has 0 bridgehead atoms. The van der Waals surface area contributed by atoms with E-state index in [1.165, 1.54) is 5.56 Å². The van der Waals surface area contributed by atoms with E-state index in [1.807, 2.05) is 12.2 Å². The van der Waals surface area contributed by atoms with Crippen molar-refractivity contribution in [2.24, 2.45) is 5.73 Å². The van der Waals surface area contributed by atoms with Crippen molar-refractivity contribution in [1.29, 1.82) is 0 Å². The van der Waals surface area contributed by atoms with Crippen LogP contribution in [0.1, 0.15) is 31.9 Å². The molecule has 0 amide bonds. The third kappa shape index (κ3) is 3.58. The van der Waals surface area contributed by atoms with Gasteiger partial charge in [-0.1, -0.05) is 32.9 Å². The first-order valence-corrected chi connectivity index (χ1v) is 6.44. The van der Waals surface area contributed by atoms with E-state index in [0.29, 0.717) is 6.54 Å². The smallest absolute Gasteiger partial charge is 0.140 e. The minimum Gasteiger partial charge on any atom is -0.495 e. The predicted molar refractivity (Wildman–Crippen MR) is 77.5 cm³/mol. The Morgan fingerprint density at radius 1 is 1.35 bits per heavy atom. The summed E-state index contributed by atoms with van der Waals surface area (Å²) in [6, 6.07) is 4.26. The normalized spacial score (nSPS) is 12.1. The van der Waals surface area contributed by atoms with Crippen molar-refractivity contribution in [3.63, 3.8) is 0 Å². The maximum atomic E-state index is 5.49. The molecule has 2 nitrogen and oxygen atoms in total. The van der Waals surface area contributed by atoms with Gasteiger partial charge in [0, 0.05) is 12.1 Å². The van der Waals surface area contributed by atoms with Crippen LogP contribution in [0, 0.1) is 0 Å². The lowest BCUT2D eigenvalue weighted by atomic mass is 9.86. The highest BCUT2D eigenvalue weighted by molar-refractivity contribution is 9.10. The second-order valence-corrected chi connectivity index (χ2v) is 5.82. The molecule has 94 valence electrons. The summed E-state index contributed by atoms with van der Waals surface area (Å²) in [6.45, 7) is 7.10. The second kappa shape index (κ2) is 5.69. The lowest BCUT2D eigenvalue weighted by molar-refractivity contribution is 0.410. The average molecular weight is 298 g/mol. The lowest BCUT2D eigenvalue weighted by Gasteiger charge is -2.21. The summed E-state index contributed by atoms with van der Waals surface area (Å²) in [6.07, 6.45) is 3.93. The van der Waals surface area contributed by atoms with E-state index in [4.69, 9.17) is 10.5 Å². The van der Waals surface area contributed by atoms with E-state index in [0.717, 1.165) is 15.8 Å². The first-order valence-electron chi connectivity index (χ1n) is 5.64. The zero-order chi connectivity index (χ0) is 13.1. The van der Waals surface area contributed by atoms with E-state index < -0.39 is 0 Å². The molecule has 0 fully saturated rings. The molecule has 0 heterocycles. The molecule has 0 aromatic heterocycles. The maximum absolute atomic E-state index is 5.49. The van der Waals surface area contributed by atoms with Gasteiger partial charge >= 0.3 is 0 Å². The molecule has 0 aliphatic carbocycles. The predicted octanol–water partition coefficient (Wildman–Crippen LogP) is 3.73. The third-order valence-electron chi connectivity index (χ3n) is 2.58. The summed E-state index contributed by atoms with van der Waals surface area (Å²) in [5.41, 5.74) is 7.92. The Morgan fingerprint density at radius 2 is 2.00 bits per heavy atom. The number of halogens is 1. The first kappa shape index (κ1) is 14.3. The highest BCUT2D eigenvalue weighted by Gasteiger charge is 2.17. The number of methoxy groups -OCH3 is 1. The van der Waals surface area contributed by atoms with Crippen LogP contribution in [0.3, 0.4) is 0 Å². The number of ether oxygens (including phenoxy) is 1. The molecule has 0 atom stereocenters. The summed E-state index contributed by atoms with van der Waals surface area (Å²) in [7, 11) is 1.68. The number of nitrogens with two attached hydrogens (primary N) is 1. The summed E-state index contributed by atoms with van der Waals surface area (Å²) in [5.74, 6) is 0.850. The fraction of sp³-hybridized carbons (Fsp3) is 0.429. The Balaban J connectivity index is 3.33. The third-order valence-corrected chi connectivity index (χ3v) is 3.17. The van der Waals surface area contributed by atoms with E-state index in [1.54, 1.807) is 7.11 Å². The highest BCUT2D eigenvalue weighted by Crippen LogP contribution is 2.35. The fourth-order valence-corrected chi connectivity index (χ4v) is 2.22. The molecule has 0 spiro atoms. The van der Waals surface area contributed by atoms with Gasteiger partial charge in [0.2, 0.25) is 0 Å². The monoisotopic (exact) mass is 297 g/mol. The van der Waals surface area contributed by atoms with Gasteiger partial charge in [0.1, 0.15) is 5.75 Å². The van der Waals surface area contributed by atoms with Crippen LogP contribution in [0.15, 0.2) is 22.7 Å². The molecule has 0 saturated heterocycles. The molecule has 1 aromatic rings. The van der Waals surface area contributed by atoms with E-state index >= 15 is 0 Å². The van der Waals surface area contributed by atoms with E-state index in [2.05, 4.69) is 48.8 Å². The minimum atomic E-state index is 0.111. The molecule has 1 aromatic carbocycles. The van der Waals surface area contributed by atoms with Crippen LogP contribution in [0.25, 0.3) is 6.08 Å². The Morgan fingerprint density at radius 3 is 2.47 bits per heavy atom. The van der Waals surface area contributed by atoms with Crippen molar-refractivity contribution in [3.8, 4) is 5.75 Å². The SMILES string of the molecule is COc1c(Br)cc(C(C)(C)C)cc1/C=C/CN. The largest absolute Gasteiger partial charge is 0.495 e. The van der Waals surface area contributed by atoms with Gasteiger partial charge in [0.25, 0.3) is 0 Å². The topological polar surface area (TPSA) is 35.2 Å². The minimum absolute atomic E-state index is 0.111. The molecular formula is C14H20BrNO. The van der Waals surface area contributed by atoms with Crippen molar-refractivity contribution in [3.05, 3.63) is 33.8 Å². The summed E-state index contributed by atoms with van der Waals surface area (Å²) in [5, 5.41) is 0. The van der Waals surface area contributed by atoms with Crippen molar-refractivity contribution in [2.45, 2.75) is 26.2 Å². The molecule has 0 saturated carbocycles. The van der Waals surface area contributed by atoms with Crippen LogP contribution >= 0.6 is 15.9 Å². The molecule has 3 heteroatoms. The second-order valence-electron chi connectivity index (χ2n) is 4.97. The van der Waals surface area contributed by atoms with Crippen LogP contribution in [0.5, 0.6) is 5.75 Å². The zero-order valence-electron chi connectivity index (χ0n) is 10.9. The molecule has 2 N–H and O–H groups in total. The Hall–Kier alpha value is -0.800. The number of rotatable bonds is 3. The standard InChI is InChI=1S/C14H20BrNO/c1-14(2,3)11-8-10(6-5-7-16)13(17-4)12(15)9-11/h5-6,8-9H,7,16H2,1-4H3/b6-5+. The van der Waals surface area contributed by atoms with Crippen LogP contribution < -0.4 is 10.5 Å². The van der Waals surface area contributed by atoms with Gasteiger partial charge in [-0.05, 0) is 39.0 Å². The molecule has 1 rings (SSSR count). The van der Waals surface area contributed by atoms with Crippen LogP contribution in [-0.2, 0) is 5.41 Å². The van der Waals surface area contributed by atoms with Gasteiger partial charge in [-0.2, -0.15) is 0 Å². The van der Waals surface area contributed by atoms with Gasteiger partial charge in [-0.15, -0.1) is 0 Å². The van der Waals surface area contributed by atoms with Crippen LogP contribution in [0.4, 0.5) is 0 Å². The van der Waals surface area contributed by atoms with E-state index in [9.17, 15) is 0 Å². The fourth-order valence-electron chi connectivity index (χ4n) is 1.58. The molecule has 0 unspecified atom stereocenters. The molecule has 0 radical (unpaired) electrons. The van der Waals surface area contributed by atoms with Crippen LogP contribution in [0.2, 0.25) is 0 Å². The van der Waals surface area contributed by atoms with Gasteiger partial charge in [-0.3, -0.25) is 0 Å². The van der Waals surface area contributed by atoms with E-state index in [-0.39, 0.29) is 5.41 Å². The summed E-state index contributed by atoms with van der Waals surface area (Å²) in [4.78, 5) is 0. The van der Waals surface area contributed by atoms with Crippen LogP contribution in [-0.4, -0.2) is 13.7 Å². The van der Waals surface area contributed by atoms with Crippen molar-refractivity contribution >= 4 is 22.0 Å². The van der Waals surface area contributed by atoms with Gasteiger partial charge in [0.05, 0.1) is 11.6 Å². The van der Waals surface area contributed by atoms with Crippen molar-refractivity contribution < 1.29 is 4.74 Å². The highest BCUT2D eigenvalue weighted by atomic mass is 79.9. The Labute approximate surface area is 112 Å². The molecule has 0 aliphatic heterocycles. The molecular weight excluding hydrogens is 278 g/mol. The lowest BCUT2D eigenvalue weighted by Crippen LogP contribution is -2.11. The summed E-state index contributed by atoms with van der Waals surface area (Å²) >= 11 is 3.55. The van der Waals surface area contributed by atoms with Gasteiger partial charge in [-0.25, -0.2) is 0 Å². The Bertz CT molecular complexity index is 419. The van der Waals surface area contributed by atoms with Crippen molar-refractivity contribution in [1.82, 2.24) is 0 Å². The molecule has 0 aliphatic rings. The first-order chi connectivity index (χ1) is 7.90. The Kier molecular flexibility index (Phi) is 4.78. The number of hydrogen-bond donors (Lipinski definition) is 1. The zero-order valence-corrected chi connectivity index (χ0v) is 12.5. The molecule has 17 heavy (non-hydrogen) atoms. The quantitative estimate of drug-likeness (QED) is 0.923.